The Labute approximate surface area is 108 Å². The van der Waals surface area contributed by atoms with Crippen LogP contribution in [-0.4, -0.2) is 4.98 Å². The van der Waals surface area contributed by atoms with Crippen molar-refractivity contribution in [2.45, 2.75) is 48.5 Å². The van der Waals surface area contributed by atoms with Gasteiger partial charge in [0.05, 0.1) is 5.35 Å². The van der Waals surface area contributed by atoms with Gasteiger partial charge in [0.1, 0.15) is 0 Å². The van der Waals surface area contributed by atoms with Crippen molar-refractivity contribution in [3.8, 4) is 0 Å². The molecule has 1 rings (SSSR count). The zero-order valence-electron chi connectivity index (χ0n) is 12.7. The molecule has 1 heteroatoms. The maximum atomic E-state index is 4.18. The van der Waals surface area contributed by atoms with E-state index in [2.05, 4.69) is 18.1 Å². The first-order valence-corrected chi connectivity index (χ1v) is 6.49. The third-order valence-electron chi connectivity index (χ3n) is 1.57. The molecule has 0 saturated heterocycles. The molecule has 0 radical (unpaired) electrons. The second-order valence-corrected chi connectivity index (χ2v) is 2.40. The average molecular weight is 235 g/mol. The van der Waals surface area contributed by atoms with Crippen molar-refractivity contribution < 1.29 is 0 Å². The van der Waals surface area contributed by atoms with Crippen LogP contribution in [-0.2, 0) is 0 Å². The SMILES string of the molecule is C=C/C(C)=c1/ncccc1=C.CC.CC.CC. The Bertz CT molecular complexity index is 363. The molecule has 0 fully saturated rings. The van der Waals surface area contributed by atoms with E-state index in [-0.39, 0.29) is 0 Å². The molecular weight excluding hydrogens is 206 g/mol. The van der Waals surface area contributed by atoms with Crippen LogP contribution >= 0.6 is 0 Å². The zero-order chi connectivity index (χ0) is 14.3. The molecule has 0 bridgehead atoms. The largest absolute Gasteiger partial charge is 0.256 e. The van der Waals surface area contributed by atoms with Gasteiger partial charge in [0.2, 0.25) is 0 Å². The highest BCUT2D eigenvalue weighted by molar-refractivity contribution is 5.51. The summed E-state index contributed by atoms with van der Waals surface area (Å²) in [4.78, 5) is 4.18. The van der Waals surface area contributed by atoms with Gasteiger partial charge < -0.3 is 0 Å². The van der Waals surface area contributed by atoms with Crippen LogP contribution in [0.3, 0.4) is 0 Å². The highest BCUT2D eigenvalue weighted by Crippen LogP contribution is 1.85. The van der Waals surface area contributed by atoms with Gasteiger partial charge in [-0.1, -0.05) is 66.8 Å². The molecular formula is C16H29N. The van der Waals surface area contributed by atoms with Crippen LogP contribution in [0.2, 0.25) is 0 Å². The Balaban J connectivity index is -0.000000285. The van der Waals surface area contributed by atoms with Crippen molar-refractivity contribution in [1.29, 1.82) is 0 Å². The van der Waals surface area contributed by atoms with Crippen molar-refractivity contribution in [3.05, 3.63) is 41.6 Å². The lowest BCUT2D eigenvalue weighted by molar-refractivity contribution is 1.21. The minimum Gasteiger partial charge on any atom is -0.256 e. The summed E-state index contributed by atoms with van der Waals surface area (Å²) >= 11 is 0. The Hall–Kier alpha value is -1.37. The van der Waals surface area contributed by atoms with E-state index in [0.29, 0.717) is 0 Å². The van der Waals surface area contributed by atoms with E-state index in [1.165, 1.54) is 0 Å². The second-order valence-electron chi connectivity index (χ2n) is 2.40. The van der Waals surface area contributed by atoms with Crippen molar-refractivity contribution in [2.75, 3.05) is 0 Å². The van der Waals surface area contributed by atoms with E-state index < -0.39 is 0 Å². The topological polar surface area (TPSA) is 12.9 Å². The van der Waals surface area contributed by atoms with Crippen molar-refractivity contribution in [3.63, 3.8) is 0 Å². The average Bonchev–Trinajstić information content (AvgIpc) is 2.45. The van der Waals surface area contributed by atoms with E-state index >= 15 is 0 Å². The smallest absolute Gasteiger partial charge is 0.0724 e. The zero-order valence-corrected chi connectivity index (χ0v) is 12.7. The van der Waals surface area contributed by atoms with E-state index in [1.54, 1.807) is 12.3 Å². The Kier molecular flexibility index (Phi) is 21.0. The van der Waals surface area contributed by atoms with Crippen molar-refractivity contribution in [2.24, 2.45) is 0 Å². The van der Waals surface area contributed by atoms with Crippen molar-refractivity contribution >= 4 is 12.2 Å². The van der Waals surface area contributed by atoms with E-state index in [9.17, 15) is 0 Å². The van der Waals surface area contributed by atoms with Gasteiger partial charge in [-0.25, -0.2) is 0 Å². The summed E-state index contributed by atoms with van der Waals surface area (Å²) in [6.07, 6.45) is 3.55. The molecule has 0 aromatic carbocycles. The van der Waals surface area contributed by atoms with Crippen LogP contribution in [0.1, 0.15) is 48.5 Å². The lowest BCUT2D eigenvalue weighted by Crippen LogP contribution is -2.27. The van der Waals surface area contributed by atoms with Gasteiger partial charge in [-0.2, -0.15) is 0 Å². The molecule has 0 N–H and O–H groups in total. The summed E-state index contributed by atoms with van der Waals surface area (Å²) in [6.45, 7) is 21.5. The summed E-state index contributed by atoms with van der Waals surface area (Å²) in [5, 5.41) is 1.88. The summed E-state index contributed by atoms with van der Waals surface area (Å²) < 4.78 is 0. The molecule has 0 aliphatic rings. The highest BCUT2D eigenvalue weighted by atomic mass is 14.6. The van der Waals surface area contributed by atoms with Crippen LogP contribution in [0.5, 0.6) is 0 Å². The van der Waals surface area contributed by atoms with E-state index in [4.69, 9.17) is 0 Å². The van der Waals surface area contributed by atoms with Crippen LogP contribution in [0, 0.1) is 0 Å². The van der Waals surface area contributed by atoms with Gasteiger partial charge in [0.15, 0.2) is 0 Å². The molecule has 0 spiro atoms. The molecule has 17 heavy (non-hydrogen) atoms. The van der Waals surface area contributed by atoms with E-state index in [1.807, 2.05) is 60.6 Å². The Morgan fingerprint density at radius 3 is 1.94 bits per heavy atom. The normalized spacial score (nSPS) is 9.12. The molecule has 1 heterocycles. The highest BCUT2D eigenvalue weighted by Gasteiger charge is 1.85. The monoisotopic (exact) mass is 235 g/mol. The van der Waals surface area contributed by atoms with Gasteiger partial charge in [-0.05, 0) is 23.8 Å². The van der Waals surface area contributed by atoms with Crippen LogP contribution in [0.4, 0.5) is 0 Å². The summed E-state index contributed by atoms with van der Waals surface area (Å²) in [6, 6.07) is 3.82. The minimum absolute atomic E-state index is 0.933. The maximum absolute atomic E-state index is 4.18. The first-order chi connectivity index (χ1) is 8.25. The van der Waals surface area contributed by atoms with Gasteiger partial charge in [-0.3, -0.25) is 4.98 Å². The number of hydrogen-bond acceptors (Lipinski definition) is 1. The molecule has 98 valence electrons. The maximum Gasteiger partial charge on any atom is 0.0724 e. The molecule has 1 nitrogen and oxygen atoms in total. The van der Waals surface area contributed by atoms with Crippen LogP contribution in [0.25, 0.3) is 12.2 Å². The number of aromatic nitrogens is 1. The van der Waals surface area contributed by atoms with Gasteiger partial charge in [0.25, 0.3) is 0 Å². The predicted octanol–water partition coefficient (Wildman–Crippen LogP) is 3.93. The number of allylic oxidation sites excluding steroid dienone is 1. The minimum atomic E-state index is 0.933. The molecule has 0 aliphatic carbocycles. The van der Waals surface area contributed by atoms with Gasteiger partial charge >= 0.3 is 0 Å². The van der Waals surface area contributed by atoms with Crippen LogP contribution in [0.15, 0.2) is 31.0 Å². The lowest BCUT2D eigenvalue weighted by atomic mass is 10.2. The fraction of sp³-hybridized carbons (Fsp3) is 0.438. The fourth-order valence-corrected chi connectivity index (χ4v) is 0.890. The second kappa shape index (κ2) is 17.0. The molecule has 0 atom stereocenters. The van der Waals surface area contributed by atoms with E-state index in [0.717, 1.165) is 16.1 Å². The number of pyridine rings is 1. The lowest BCUT2D eigenvalue weighted by Gasteiger charge is -1.90. The summed E-state index contributed by atoms with van der Waals surface area (Å²) in [5.41, 5.74) is 1.07. The van der Waals surface area contributed by atoms with Gasteiger partial charge in [-0.15, -0.1) is 0 Å². The third kappa shape index (κ3) is 9.55. The summed E-state index contributed by atoms with van der Waals surface area (Å²) in [5.74, 6) is 0. The molecule has 1 aromatic rings. The first kappa shape index (κ1) is 21.0. The predicted molar refractivity (Wildman–Crippen MR) is 82.3 cm³/mol. The number of rotatable bonds is 1. The molecule has 0 unspecified atom stereocenters. The molecule has 0 aliphatic heterocycles. The Morgan fingerprint density at radius 1 is 1.12 bits per heavy atom. The number of hydrogen-bond donors (Lipinski definition) is 0. The van der Waals surface area contributed by atoms with Crippen LogP contribution < -0.4 is 10.6 Å². The molecule has 0 amide bonds. The first-order valence-electron chi connectivity index (χ1n) is 6.49. The number of nitrogens with zero attached hydrogens (tertiary/aromatic N) is 1. The standard InChI is InChI=1S/C10H11N.3C2H6/c1-4-8(2)10-9(3)6-5-7-11-10;3*1-2/h4-7H,1,3H2,2H3;3*1-2H3/b10-8+;;;. The van der Waals surface area contributed by atoms with Crippen molar-refractivity contribution in [1.82, 2.24) is 4.98 Å². The Morgan fingerprint density at radius 2 is 1.59 bits per heavy atom. The third-order valence-corrected chi connectivity index (χ3v) is 1.57. The summed E-state index contributed by atoms with van der Waals surface area (Å²) in [7, 11) is 0. The molecule has 1 aromatic heterocycles. The van der Waals surface area contributed by atoms with Gasteiger partial charge in [0, 0.05) is 6.20 Å². The molecule has 0 saturated carbocycles. The fourth-order valence-electron chi connectivity index (χ4n) is 0.890. The quantitative estimate of drug-likeness (QED) is 0.719.